The quantitative estimate of drug-likeness (QED) is 0.611. The Morgan fingerprint density at radius 1 is 1.62 bits per heavy atom. The van der Waals surface area contributed by atoms with Crippen LogP contribution in [0.2, 0.25) is 0 Å². The molecule has 1 saturated carbocycles. The molecule has 0 aromatic heterocycles. The molecule has 0 bridgehead atoms. The van der Waals surface area contributed by atoms with Crippen molar-refractivity contribution in [1.29, 1.82) is 0 Å². The van der Waals surface area contributed by atoms with E-state index in [9.17, 15) is 9.59 Å². The second-order valence-electron chi connectivity index (χ2n) is 3.72. The zero-order chi connectivity index (χ0) is 9.84. The summed E-state index contributed by atoms with van der Waals surface area (Å²) in [5, 5.41) is 0. The molecule has 0 aromatic carbocycles. The van der Waals surface area contributed by atoms with Crippen LogP contribution in [0.5, 0.6) is 0 Å². The van der Waals surface area contributed by atoms with Crippen molar-refractivity contribution in [1.82, 2.24) is 0 Å². The molecule has 74 valence electrons. The molecule has 3 nitrogen and oxygen atoms in total. The molecule has 1 rings (SSSR count). The summed E-state index contributed by atoms with van der Waals surface area (Å²) in [6, 6.07) is 0. The second kappa shape index (κ2) is 4.40. The predicted molar refractivity (Wildman–Crippen MR) is 48.1 cm³/mol. The van der Waals surface area contributed by atoms with Crippen LogP contribution in [0.1, 0.15) is 32.6 Å². The Morgan fingerprint density at radius 3 is 2.85 bits per heavy atom. The van der Waals surface area contributed by atoms with Crippen LogP contribution in [0, 0.1) is 11.8 Å². The molecule has 2 atom stereocenters. The van der Waals surface area contributed by atoms with Crippen LogP contribution in [-0.2, 0) is 14.3 Å². The van der Waals surface area contributed by atoms with Crippen molar-refractivity contribution < 1.29 is 14.3 Å². The smallest absolute Gasteiger partial charge is 0.306 e. The summed E-state index contributed by atoms with van der Waals surface area (Å²) in [5.41, 5.74) is 0. The summed E-state index contributed by atoms with van der Waals surface area (Å²) in [4.78, 5) is 22.4. The highest BCUT2D eigenvalue weighted by Gasteiger charge is 2.30. The van der Waals surface area contributed by atoms with E-state index in [1.807, 2.05) is 6.92 Å². The van der Waals surface area contributed by atoms with Crippen LogP contribution in [0.3, 0.4) is 0 Å². The van der Waals surface area contributed by atoms with Crippen molar-refractivity contribution in [3.8, 4) is 0 Å². The lowest BCUT2D eigenvalue weighted by Gasteiger charge is -2.26. The molecule has 0 aromatic rings. The molecule has 1 aliphatic rings. The van der Waals surface area contributed by atoms with Crippen LogP contribution >= 0.6 is 0 Å². The Balaban J connectivity index is 2.53. The number of rotatable bonds is 2. The van der Waals surface area contributed by atoms with Crippen LogP contribution in [0.25, 0.3) is 0 Å². The standard InChI is InChI=1S/C10H16O3/c1-7-4-3-5-9(11)8(7)6-10(12)13-2/h7-8H,3-6H2,1-2H3. The molecule has 13 heavy (non-hydrogen) atoms. The third-order valence-electron chi connectivity index (χ3n) is 2.80. The van der Waals surface area contributed by atoms with E-state index in [4.69, 9.17) is 0 Å². The first-order chi connectivity index (χ1) is 6.15. The molecule has 3 heteroatoms. The van der Waals surface area contributed by atoms with Gasteiger partial charge in [-0.3, -0.25) is 9.59 Å². The van der Waals surface area contributed by atoms with Gasteiger partial charge in [0.05, 0.1) is 13.5 Å². The molecule has 0 amide bonds. The van der Waals surface area contributed by atoms with Crippen LogP contribution in [0.15, 0.2) is 0 Å². The lowest BCUT2D eigenvalue weighted by Crippen LogP contribution is -2.29. The van der Waals surface area contributed by atoms with Gasteiger partial charge in [0.25, 0.3) is 0 Å². The Labute approximate surface area is 78.5 Å². The molecule has 1 aliphatic carbocycles. The van der Waals surface area contributed by atoms with E-state index in [0.29, 0.717) is 12.3 Å². The van der Waals surface area contributed by atoms with Gasteiger partial charge in [-0.05, 0) is 18.8 Å². The largest absolute Gasteiger partial charge is 0.469 e. The number of carbonyl (C=O) groups is 2. The van der Waals surface area contributed by atoms with Gasteiger partial charge in [0.2, 0.25) is 0 Å². The first-order valence-corrected chi connectivity index (χ1v) is 4.74. The van der Waals surface area contributed by atoms with Gasteiger partial charge in [0.15, 0.2) is 0 Å². The van der Waals surface area contributed by atoms with E-state index >= 15 is 0 Å². The molecule has 0 aliphatic heterocycles. The third kappa shape index (κ3) is 2.54. The fraction of sp³-hybridized carbons (Fsp3) is 0.800. The van der Waals surface area contributed by atoms with E-state index < -0.39 is 0 Å². The summed E-state index contributed by atoms with van der Waals surface area (Å²) in [6.45, 7) is 2.03. The van der Waals surface area contributed by atoms with Gasteiger partial charge in [0.1, 0.15) is 5.78 Å². The number of hydrogen-bond donors (Lipinski definition) is 0. The summed E-state index contributed by atoms with van der Waals surface area (Å²) in [6.07, 6.45) is 2.91. The summed E-state index contributed by atoms with van der Waals surface area (Å²) in [7, 11) is 1.36. The van der Waals surface area contributed by atoms with E-state index in [1.165, 1.54) is 7.11 Å². The molecule has 1 fully saturated rings. The van der Waals surface area contributed by atoms with Crippen molar-refractivity contribution in [2.75, 3.05) is 7.11 Å². The fourth-order valence-electron chi connectivity index (χ4n) is 1.88. The molecular formula is C10H16O3. The van der Waals surface area contributed by atoms with Crippen molar-refractivity contribution in [3.05, 3.63) is 0 Å². The highest BCUT2D eigenvalue weighted by Crippen LogP contribution is 2.29. The highest BCUT2D eigenvalue weighted by molar-refractivity contribution is 5.86. The van der Waals surface area contributed by atoms with E-state index in [2.05, 4.69) is 4.74 Å². The average molecular weight is 184 g/mol. The summed E-state index contributed by atoms with van der Waals surface area (Å²) in [5.74, 6) is 0.192. The maximum absolute atomic E-state index is 11.4. The number of esters is 1. The minimum Gasteiger partial charge on any atom is -0.469 e. The van der Waals surface area contributed by atoms with Gasteiger partial charge in [-0.2, -0.15) is 0 Å². The van der Waals surface area contributed by atoms with E-state index in [0.717, 1.165) is 12.8 Å². The topological polar surface area (TPSA) is 43.4 Å². The Kier molecular flexibility index (Phi) is 3.46. The third-order valence-corrected chi connectivity index (χ3v) is 2.80. The molecule has 0 N–H and O–H groups in total. The van der Waals surface area contributed by atoms with Gasteiger partial charge in [-0.1, -0.05) is 6.92 Å². The monoisotopic (exact) mass is 184 g/mol. The van der Waals surface area contributed by atoms with E-state index in [-0.39, 0.29) is 24.1 Å². The minimum absolute atomic E-state index is 0.0961. The molecule has 0 heterocycles. The van der Waals surface area contributed by atoms with Crippen LogP contribution < -0.4 is 0 Å². The van der Waals surface area contributed by atoms with Gasteiger partial charge in [-0.25, -0.2) is 0 Å². The first-order valence-electron chi connectivity index (χ1n) is 4.74. The minimum atomic E-state index is -0.271. The zero-order valence-electron chi connectivity index (χ0n) is 8.21. The number of hydrogen-bond acceptors (Lipinski definition) is 3. The lowest BCUT2D eigenvalue weighted by atomic mass is 9.78. The van der Waals surface area contributed by atoms with Crippen molar-refractivity contribution >= 4 is 11.8 Å². The number of carbonyl (C=O) groups excluding carboxylic acids is 2. The number of ether oxygens (including phenoxy) is 1. The molecule has 0 spiro atoms. The Hall–Kier alpha value is -0.860. The van der Waals surface area contributed by atoms with Crippen LogP contribution in [-0.4, -0.2) is 18.9 Å². The summed E-state index contributed by atoms with van der Waals surface area (Å²) < 4.78 is 4.56. The fourth-order valence-corrected chi connectivity index (χ4v) is 1.88. The summed E-state index contributed by atoms with van der Waals surface area (Å²) >= 11 is 0. The van der Waals surface area contributed by atoms with Gasteiger partial charge in [0, 0.05) is 12.3 Å². The van der Waals surface area contributed by atoms with Gasteiger partial charge >= 0.3 is 5.97 Å². The second-order valence-corrected chi connectivity index (χ2v) is 3.72. The molecule has 0 saturated heterocycles. The zero-order valence-corrected chi connectivity index (χ0v) is 8.21. The Morgan fingerprint density at radius 2 is 2.31 bits per heavy atom. The number of Topliss-reactive ketones (excluding diaryl/α,β-unsaturated/α-hetero) is 1. The predicted octanol–water partition coefficient (Wildman–Crippen LogP) is 1.55. The SMILES string of the molecule is COC(=O)CC1C(=O)CCCC1C. The van der Waals surface area contributed by atoms with Crippen molar-refractivity contribution in [3.63, 3.8) is 0 Å². The first kappa shape index (κ1) is 10.2. The van der Waals surface area contributed by atoms with Crippen molar-refractivity contribution in [2.24, 2.45) is 11.8 Å². The normalized spacial score (nSPS) is 28.6. The van der Waals surface area contributed by atoms with Gasteiger partial charge in [-0.15, -0.1) is 0 Å². The maximum Gasteiger partial charge on any atom is 0.306 e. The maximum atomic E-state index is 11.4. The number of ketones is 1. The Bertz CT molecular complexity index is 210. The van der Waals surface area contributed by atoms with E-state index in [1.54, 1.807) is 0 Å². The molecule has 2 unspecified atom stereocenters. The average Bonchev–Trinajstić information content (AvgIpc) is 2.11. The molecule has 0 radical (unpaired) electrons. The lowest BCUT2D eigenvalue weighted by molar-refractivity contribution is -0.145. The van der Waals surface area contributed by atoms with Crippen molar-refractivity contribution in [2.45, 2.75) is 32.6 Å². The molecular weight excluding hydrogens is 168 g/mol. The highest BCUT2D eigenvalue weighted by atomic mass is 16.5. The van der Waals surface area contributed by atoms with Gasteiger partial charge < -0.3 is 4.74 Å². The number of methoxy groups -OCH3 is 1. The van der Waals surface area contributed by atoms with Crippen LogP contribution in [0.4, 0.5) is 0 Å².